The second-order valence-electron chi connectivity index (χ2n) is 9.47. The summed E-state index contributed by atoms with van der Waals surface area (Å²) in [6.45, 7) is 9.00. The lowest BCUT2D eigenvalue weighted by molar-refractivity contribution is 0.0156. The van der Waals surface area contributed by atoms with E-state index >= 15 is 0 Å². The van der Waals surface area contributed by atoms with Gasteiger partial charge in [-0.25, -0.2) is 17.8 Å². The fourth-order valence-corrected chi connectivity index (χ4v) is 5.44. The highest BCUT2D eigenvalue weighted by Gasteiger charge is 2.31. The Bertz CT molecular complexity index is 1210. The number of morpholine rings is 1. The highest BCUT2D eigenvalue weighted by molar-refractivity contribution is 7.88. The van der Waals surface area contributed by atoms with Crippen LogP contribution >= 0.6 is 0 Å². The van der Waals surface area contributed by atoms with Crippen LogP contribution in [0.3, 0.4) is 0 Å². The largest absolute Gasteiger partial charge is 0.499 e. The summed E-state index contributed by atoms with van der Waals surface area (Å²) in [6.07, 6.45) is 4.53. The van der Waals surface area contributed by atoms with Crippen LogP contribution in [0.15, 0.2) is 46.2 Å². The summed E-state index contributed by atoms with van der Waals surface area (Å²) in [4.78, 5) is 13.1. The molecule has 0 saturated carbocycles. The average molecular weight is 570 g/mol. The van der Waals surface area contributed by atoms with Crippen molar-refractivity contribution in [2.45, 2.75) is 32.0 Å². The van der Waals surface area contributed by atoms with Gasteiger partial charge in [0.15, 0.2) is 0 Å². The van der Waals surface area contributed by atoms with E-state index in [1.807, 2.05) is 6.20 Å². The fraction of sp³-hybridized carbons (Fsp3) is 0.640. The first kappa shape index (κ1) is 30.7. The van der Waals surface area contributed by atoms with E-state index in [0.717, 1.165) is 0 Å². The maximum absolute atomic E-state index is 14.8. The second-order valence-corrected chi connectivity index (χ2v) is 11.5. The number of nitrogens with zero attached hydrogens (tertiary/aromatic N) is 7. The van der Waals surface area contributed by atoms with Crippen LogP contribution in [0.5, 0.6) is 0 Å². The Morgan fingerprint density at radius 2 is 2.03 bits per heavy atom. The SMILES string of the molecule is C=C(N=C(c1cnn(C2CCN(S(C)(=O)=O)C2)c1)N(C)C(C/C(F)=C(\C)OC)OC)C(=NC)N1CCOCC1. The van der Waals surface area contributed by atoms with Crippen molar-refractivity contribution in [1.82, 2.24) is 23.9 Å². The number of allylic oxidation sites excluding steroid dienone is 1. The summed E-state index contributed by atoms with van der Waals surface area (Å²) in [6, 6.07) is -0.118. The number of hydrogen-bond acceptors (Lipinski definition) is 8. The summed E-state index contributed by atoms with van der Waals surface area (Å²) >= 11 is 0. The quantitative estimate of drug-likeness (QED) is 0.182. The highest BCUT2D eigenvalue weighted by Crippen LogP contribution is 2.25. The third kappa shape index (κ3) is 7.65. The predicted molar refractivity (Wildman–Crippen MR) is 148 cm³/mol. The molecule has 12 nitrogen and oxygen atoms in total. The van der Waals surface area contributed by atoms with E-state index < -0.39 is 22.1 Å². The van der Waals surface area contributed by atoms with Crippen molar-refractivity contribution in [2.75, 3.05) is 74.0 Å². The van der Waals surface area contributed by atoms with Gasteiger partial charge in [-0.1, -0.05) is 6.58 Å². The summed E-state index contributed by atoms with van der Waals surface area (Å²) in [5.74, 6) is 0.811. The molecule has 14 heteroatoms. The van der Waals surface area contributed by atoms with E-state index in [0.29, 0.717) is 68.7 Å². The Hall–Kier alpha value is -2.81. The van der Waals surface area contributed by atoms with E-state index in [2.05, 4.69) is 21.6 Å². The summed E-state index contributed by atoms with van der Waals surface area (Å²) in [7, 11) is 3.07. The molecule has 2 aliphatic heterocycles. The third-order valence-corrected chi connectivity index (χ3v) is 8.20. The minimum Gasteiger partial charge on any atom is -0.499 e. The normalized spacial score (nSPS) is 21.1. The first-order chi connectivity index (χ1) is 18.5. The van der Waals surface area contributed by atoms with Gasteiger partial charge in [-0.3, -0.25) is 9.67 Å². The van der Waals surface area contributed by atoms with Gasteiger partial charge < -0.3 is 24.0 Å². The number of halogens is 1. The molecular weight excluding hydrogens is 529 g/mol. The zero-order valence-corrected chi connectivity index (χ0v) is 24.4. The average Bonchev–Trinajstić information content (AvgIpc) is 3.60. The van der Waals surface area contributed by atoms with Crippen LogP contribution in [0.25, 0.3) is 0 Å². The standard InChI is InChI=1S/C25H40FN7O5S/c1-18(24(27-3)31-10-12-38-13-11-31)29-25(30(4)23(37-6)14-22(26)19(2)36-5)20-15-28-33(16-20)21-8-9-32(17-21)39(7,34)35/h15-16,21,23H,1,8-14,17H2,2-7H3/b22-19-,27-24?,29-25?. The van der Waals surface area contributed by atoms with Gasteiger partial charge in [0.2, 0.25) is 10.0 Å². The Balaban J connectivity index is 1.96. The molecule has 218 valence electrons. The van der Waals surface area contributed by atoms with Crippen LogP contribution < -0.4 is 0 Å². The molecule has 0 aliphatic carbocycles. The maximum atomic E-state index is 14.8. The molecule has 0 spiro atoms. The molecule has 1 aromatic rings. The molecule has 2 aliphatic rings. The van der Waals surface area contributed by atoms with Crippen LogP contribution in [-0.2, 0) is 24.2 Å². The smallest absolute Gasteiger partial charge is 0.211 e. The number of rotatable bonds is 10. The lowest BCUT2D eigenvalue weighted by Crippen LogP contribution is -2.42. The summed E-state index contributed by atoms with van der Waals surface area (Å²) in [5.41, 5.74) is 1.07. The summed E-state index contributed by atoms with van der Waals surface area (Å²) in [5, 5.41) is 4.52. The minimum absolute atomic E-state index is 0.0730. The van der Waals surface area contributed by atoms with Crippen molar-refractivity contribution in [2.24, 2.45) is 9.98 Å². The van der Waals surface area contributed by atoms with Crippen molar-refractivity contribution in [3.8, 4) is 0 Å². The topological polar surface area (TPSA) is 114 Å². The zero-order valence-electron chi connectivity index (χ0n) is 23.6. The van der Waals surface area contributed by atoms with Crippen molar-refractivity contribution in [3.05, 3.63) is 41.8 Å². The Kier molecular flexibility index (Phi) is 10.6. The van der Waals surface area contributed by atoms with Crippen molar-refractivity contribution in [3.63, 3.8) is 0 Å². The third-order valence-electron chi connectivity index (χ3n) is 6.93. The van der Waals surface area contributed by atoms with Gasteiger partial charge in [-0.15, -0.1) is 0 Å². The van der Waals surface area contributed by atoms with Gasteiger partial charge >= 0.3 is 0 Å². The van der Waals surface area contributed by atoms with Gasteiger partial charge in [-0.05, 0) is 13.3 Å². The number of sulfonamides is 1. The molecule has 2 fully saturated rings. The summed E-state index contributed by atoms with van der Waals surface area (Å²) < 4.78 is 58.1. The van der Waals surface area contributed by atoms with Gasteiger partial charge in [-0.2, -0.15) is 9.40 Å². The van der Waals surface area contributed by atoms with E-state index in [1.165, 1.54) is 24.8 Å². The number of methoxy groups -OCH3 is 2. The predicted octanol–water partition coefficient (Wildman–Crippen LogP) is 1.85. The fourth-order valence-electron chi connectivity index (χ4n) is 4.56. The molecule has 39 heavy (non-hydrogen) atoms. The van der Waals surface area contributed by atoms with Gasteiger partial charge in [0.1, 0.15) is 35.2 Å². The first-order valence-electron chi connectivity index (χ1n) is 12.7. The molecule has 2 atom stereocenters. The first-order valence-corrected chi connectivity index (χ1v) is 14.6. The van der Waals surface area contributed by atoms with Crippen molar-refractivity contribution < 1.29 is 27.0 Å². The van der Waals surface area contributed by atoms with E-state index in [1.54, 1.807) is 36.8 Å². The lowest BCUT2D eigenvalue weighted by atomic mass is 10.2. The molecule has 0 aromatic carbocycles. The van der Waals surface area contributed by atoms with Gasteiger partial charge in [0.25, 0.3) is 0 Å². The minimum atomic E-state index is -3.29. The molecule has 2 unspecified atom stereocenters. The van der Waals surface area contributed by atoms with E-state index in [9.17, 15) is 12.8 Å². The number of amidine groups is 2. The zero-order chi connectivity index (χ0) is 28.7. The number of ether oxygens (including phenoxy) is 3. The Morgan fingerprint density at radius 1 is 1.33 bits per heavy atom. The second kappa shape index (κ2) is 13.5. The molecule has 1 aromatic heterocycles. The van der Waals surface area contributed by atoms with Crippen LogP contribution in [-0.4, -0.2) is 124 Å². The Morgan fingerprint density at radius 3 is 2.59 bits per heavy atom. The molecule has 0 bridgehead atoms. The van der Waals surface area contributed by atoms with Crippen LogP contribution in [0, 0.1) is 0 Å². The maximum Gasteiger partial charge on any atom is 0.211 e. The van der Waals surface area contributed by atoms with Gasteiger partial charge in [0, 0.05) is 60.0 Å². The highest BCUT2D eigenvalue weighted by atomic mass is 32.2. The van der Waals surface area contributed by atoms with Crippen LogP contribution in [0.4, 0.5) is 4.39 Å². The lowest BCUT2D eigenvalue weighted by Gasteiger charge is -2.31. The monoisotopic (exact) mass is 569 g/mol. The molecule has 0 radical (unpaired) electrons. The van der Waals surface area contributed by atoms with Crippen LogP contribution in [0.2, 0.25) is 0 Å². The van der Waals surface area contributed by atoms with Crippen molar-refractivity contribution >= 4 is 21.7 Å². The molecule has 0 amide bonds. The molecule has 3 rings (SSSR count). The van der Waals surface area contributed by atoms with E-state index in [-0.39, 0.29) is 18.2 Å². The number of aromatic nitrogens is 2. The van der Waals surface area contributed by atoms with Gasteiger partial charge in [0.05, 0.1) is 44.4 Å². The molecule has 2 saturated heterocycles. The molecule has 0 N–H and O–H groups in total. The molecular formula is C25H40FN7O5S. The Labute approximate surface area is 230 Å². The van der Waals surface area contributed by atoms with Crippen molar-refractivity contribution in [1.29, 1.82) is 0 Å². The van der Waals surface area contributed by atoms with Crippen LogP contribution in [0.1, 0.15) is 31.4 Å². The van der Waals surface area contributed by atoms with E-state index in [4.69, 9.17) is 19.2 Å². The molecule has 3 heterocycles. The number of hydrogen-bond donors (Lipinski definition) is 0. The number of aliphatic imine (C=N–C) groups is 2.